The fraction of sp³-hybridized carbons (Fsp3) is 0.167. The third-order valence-corrected chi connectivity index (χ3v) is 5.01. The maximum absolute atomic E-state index is 12.6. The van der Waals surface area contributed by atoms with E-state index in [0.29, 0.717) is 17.9 Å². The molecule has 0 spiro atoms. The maximum Gasteiger partial charge on any atom is 0.265 e. The summed E-state index contributed by atoms with van der Waals surface area (Å²) >= 11 is 0. The van der Waals surface area contributed by atoms with Crippen molar-refractivity contribution in [3.63, 3.8) is 0 Å². The predicted molar refractivity (Wildman–Crippen MR) is 113 cm³/mol. The minimum Gasteiger partial charge on any atom is -0.482 e. The molecule has 0 atom stereocenters. The SMILES string of the molecule is Cc1ccc(C)c(NC(=O)c2ccc(CN3C(=O)COc4ccccc43)cc2)c1. The smallest absolute Gasteiger partial charge is 0.265 e. The molecule has 2 amide bonds. The third-order valence-electron chi connectivity index (χ3n) is 5.01. The Labute approximate surface area is 169 Å². The Bertz CT molecular complexity index is 1070. The van der Waals surface area contributed by atoms with Gasteiger partial charge in [0.25, 0.3) is 11.8 Å². The first-order chi connectivity index (χ1) is 14.0. The minimum atomic E-state index is -0.155. The van der Waals surface area contributed by atoms with Crippen molar-refractivity contribution in [2.45, 2.75) is 20.4 Å². The number of rotatable bonds is 4. The van der Waals surface area contributed by atoms with Gasteiger partial charge in [0.1, 0.15) is 5.75 Å². The molecule has 0 aliphatic carbocycles. The largest absolute Gasteiger partial charge is 0.482 e. The van der Waals surface area contributed by atoms with Gasteiger partial charge in [-0.3, -0.25) is 9.59 Å². The highest BCUT2D eigenvalue weighted by molar-refractivity contribution is 6.04. The minimum absolute atomic E-state index is 0.0351. The molecule has 0 unspecified atom stereocenters. The zero-order chi connectivity index (χ0) is 20.4. The Morgan fingerprint density at radius 3 is 2.59 bits per heavy atom. The lowest BCUT2D eigenvalue weighted by Gasteiger charge is -2.29. The molecule has 0 saturated heterocycles. The summed E-state index contributed by atoms with van der Waals surface area (Å²) in [5.41, 5.74) is 5.21. The van der Waals surface area contributed by atoms with Crippen molar-refractivity contribution < 1.29 is 14.3 Å². The molecule has 4 rings (SSSR count). The molecule has 0 fully saturated rings. The van der Waals surface area contributed by atoms with Crippen molar-refractivity contribution >= 4 is 23.2 Å². The summed E-state index contributed by atoms with van der Waals surface area (Å²) in [6, 6.07) is 20.8. The highest BCUT2D eigenvalue weighted by Gasteiger charge is 2.25. The van der Waals surface area contributed by atoms with E-state index in [4.69, 9.17) is 4.74 Å². The van der Waals surface area contributed by atoms with Gasteiger partial charge in [-0.2, -0.15) is 0 Å². The number of hydrogen-bond acceptors (Lipinski definition) is 3. The number of amides is 2. The van der Waals surface area contributed by atoms with E-state index in [2.05, 4.69) is 5.32 Å². The summed E-state index contributed by atoms with van der Waals surface area (Å²) in [5.74, 6) is 0.468. The van der Waals surface area contributed by atoms with Crippen molar-refractivity contribution in [3.8, 4) is 5.75 Å². The van der Waals surface area contributed by atoms with E-state index in [1.54, 1.807) is 17.0 Å². The second-order valence-corrected chi connectivity index (χ2v) is 7.21. The fourth-order valence-electron chi connectivity index (χ4n) is 3.34. The van der Waals surface area contributed by atoms with Crippen molar-refractivity contribution in [2.75, 3.05) is 16.8 Å². The number of carbonyl (C=O) groups excluding carboxylic acids is 2. The first kappa shape index (κ1) is 18.7. The topological polar surface area (TPSA) is 58.6 Å². The molecule has 0 bridgehead atoms. The number of ether oxygens (including phenoxy) is 1. The molecule has 0 saturated carbocycles. The lowest BCUT2D eigenvalue weighted by Crippen LogP contribution is -2.38. The molecule has 3 aromatic carbocycles. The van der Waals surface area contributed by atoms with Crippen LogP contribution >= 0.6 is 0 Å². The van der Waals surface area contributed by atoms with Crippen LogP contribution in [0.25, 0.3) is 0 Å². The first-order valence-electron chi connectivity index (χ1n) is 9.51. The van der Waals surface area contributed by atoms with Crippen LogP contribution < -0.4 is 15.0 Å². The Kier molecular flexibility index (Phi) is 5.04. The maximum atomic E-state index is 12.6. The molecule has 0 aromatic heterocycles. The lowest BCUT2D eigenvalue weighted by atomic mass is 10.1. The molecule has 146 valence electrons. The molecule has 0 radical (unpaired) electrons. The van der Waals surface area contributed by atoms with Crippen molar-refractivity contribution in [2.24, 2.45) is 0 Å². The summed E-state index contributed by atoms with van der Waals surface area (Å²) in [4.78, 5) is 26.7. The van der Waals surface area contributed by atoms with Crippen LogP contribution in [0.15, 0.2) is 66.7 Å². The van der Waals surface area contributed by atoms with Crippen LogP contribution in [0.2, 0.25) is 0 Å². The van der Waals surface area contributed by atoms with E-state index < -0.39 is 0 Å². The average molecular weight is 386 g/mol. The summed E-state index contributed by atoms with van der Waals surface area (Å²) < 4.78 is 5.48. The second kappa shape index (κ2) is 7.80. The predicted octanol–water partition coefficient (Wildman–Crippen LogP) is 4.48. The highest BCUT2D eigenvalue weighted by atomic mass is 16.5. The number of carbonyl (C=O) groups is 2. The first-order valence-corrected chi connectivity index (χ1v) is 9.51. The van der Waals surface area contributed by atoms with Crippen LogP contribution in [-0.2, 0) is 11.3 Å². The van der Waals surface area contributed by atoms with E-state index in [-0.39, 0.29) is 18.4 Å². The van der Waals surface area contributed by atoms with Gasteiger partial charge in [0, 0.05) is 11.3 Å². The van der Waals surface area contributed by atoms with Crippen molar-refractivity contribution in [1.29, 1.82) is 0 Å². The van der Waals surface area contributed by atoms with Gasteiger partial charge >= 0.3 is 0 Å². The molecule has 1 aliphatic heterocycles. The third kappa shape index (κ3) is 3.99. The lowest BCUT2D eigenvalue weighted by molar-refractivity contribution is -0.121. The molecular weight excluding hydrogens is 364 g/mol. The van der Waals surface area contributed by atoms with E-state index in [1.165, 1.54) is 0 Å². The Balaban J connectivity index is 1.49. The van der Waals surface area contributed by atoms with E-state index in [0.717, 1.165) is 28.1 Å². The quantitative estimate of drug-likeness (QED) is 0.719. The molecule has 1 heterocycles. The van der Waals surface area contributed by atoms with Gasteiger partial charge in [0.05, 0.1) is 12.2 Å². The van der Waals surface area contributed by atoms with E-state index >= 15 is 0 Å². The molecule has 29 heavy (non-hydrogen) atoms. The number of nitrogens with one attached hydrogen (secondary N) is 1. The Morgan fingerprint density at radius 2 is 1.79 bits per heavy atom. The molecule has 3 aromatic rings. The van der Waals surface area contributed by atoms with Gasteiger partial charge in [-0.15, -0.1) is 0 Å². The average Bonchev–Trinajstić information content (AvgIpc) is 2.73. The fourth-order valence-corrected chi connectivity index (χ4v) is 3.34. The van der Waals surface area contributed by atoms with E-state index in [1.807, 2.05) is 68.4 Å². The second-order valence-electron chi connectivity index (χ2n) is 7.21. The van der Waals surface area contributed by atoms with Gasteiger partial charge in [-0.1, -0.05) is 36.4 Å². The normalized spacial score (nSPS) is 12.9. The number of anilines is 2. The summed E-state index contributed by atoms with van der Waals surface area (Å²) in [6.45, 7) is 4.43. The van der Waals surface area contributed by atoms with Crippen molar-refractivity contribution in [1.82, 2.24) is 0 Å². The molecular formula is C24H22N2O3. The molecule has 5 nitrogen and oxygen atoms in total. The number of fused-ring (bicyclic) bond motifs is 1. The number of hydrogen-bond donors (Lipinski definition) is 1. The number of nitrogens with zero attached hydrogens (tertiary/aromatic N) is 1. The van der Waals surface area contributed by atoms with Gasteiger partial charge < -0.3 is 15.0 Å². The van der Waals surface area contributed by atoms with Crippen LogP contribution in [0, 0.1) is 13.8 Å². The number of aryl methyl sites for hydroxylation is 2. The van der Waals surface area contributed by atoms with Gasteiger partial charge in [-0.05, 0) is 60.9 Å². The van der Waals surface area contributed by atoms with Gasteiger partial charge in [0.15, 0.2) is 6.61 Å². The van der Waals surface area contributed by atoms with Crippen LogP contribution in [-0.4, -0.2) is 18.4 Å². The van der Waals surface area contributed by atoms with Crippen LogP contribution in [0.5, 0.6) is 5.75 Å². The number of benzene rings is 3. The van der Waals surface area contributed by atoms with Crippen LogP contribution in [0.1, 0.15) is 27.0 Å². The monoisotopic (exact) mass is 386 g/mol. The summed E-state index contributed by atoms with van der Waals surface area (Å²) in [5, 5.41) is 2.97. The molecule has 5 heteroatoms. The van der Waals surface area contributed by atoms with Gasteiger partial charge in [0.2, 0.25) is 0 Å². The highest BCUT2D eigenvalue weighted by Crippen LogP contribution is 2.32. The van der Waals surface area contributed by atoms with Crippen molar-refractivity contribution in [3.05, 3.63) is 89.0 Å². The Hall–Kier alpha value is -3.60. The van der Waals surface area contributed by atoms with Gasteiger partial charge in [-0.25, -0.2) is 0 Å². The van der Waals surface area contributed by atoms with Crippen LogP contribution in [0.4, 0.5) is 11.4 Å². The Morgan fingerprint density at radius 1 is 1.03 bits per heavy atom. The standard InChI is InChI=1S/C24H22N2O3/c1-16-7-8-17(2)20(13-16)25-24(28)19-11-9-18(10-12-19)14-26-21-5-3-4-6-22(21)29-15-23(26)27/h3-13H,14-15H2,1-2H3,(H,25,28). The van der Waals surface area contributed by atoms with E-state index in [9.17, 15) is 9.59 Å². The number of para-hydroxylation sites is 2. The summed E-state index contributed by atoms with van der Waals surface area (Å²) in [6.07, 6.45) is 0. The molecule has 1 aliphatic rings. The van der Waals surface area contributed by atoms with Crippen LogP contribution in [0.3, 0.4) is 0 Å². The molecule has 1 N–H and O–H groups in total. The zero-order valence-corrected chi connectivity index (χ0v) is 16.4. The zero-order valence-electron chi connectivity index (χ0n) is 16.4. The summed E-state index contributed by atoms with van der Waals surface area (Å²) in [7, 11) is 0.